The Morgan fingerprint density at radius 2 is 2.29 bits per heavy atom. The molecule has 1 aromatic carbocycles. The second-order valence-electron chi connectivity index (χ2n) is 5.18. The van der Waals surface area contributed by atoms with E-state index in [2.05, 4.69) is 15.4 Å². The molecule has 0 saturated carbocycles. The molecule has 0 fully saturated rings. The van der Waals surface area contributed by atoms with Gasteiger partial charge in [-0.3, -0.25) is 0 Å². The molecule has 1 aliphatic rings. The summed E-state index contributed by atoms with van der Waals surface area (Å²) >= 11 is 0. The normalized spacial score (nSPS) is 19.3. The standard InChI is InChI=1S/C14H16F2N4O/c15-9-1-3-11(12(16)5-9)13(21)6-17-10-2-4-14-18-8-19-20(14)7-10/h1,3,5,8,10,13,17,21H,2,4,6-7H2/t10-,13+/m1/s1. The molecule has 0 spiro atoms. The van der Waals surface area contributed by atoms with E-state index in [1.807, 2.05) is 4.68 Å². The van der Waals surface area contributed by atoms with E-state index < -0.39 is 17.7 Å². The van der Waals surface area contributed by atoms with Crippen LogP contribution in [0, 0.1) is 11.6 Å². The van der Waals surface area contributed by atoms with Crippen LogP contribution in [0.5, 0.6) is 0 Å². The van der Waals surface area contributed by atoms with Crippen LogP contribution < -0.4 is 5.32 Å². The Bertz CT molecular complexity index is 631. The number of nitrogens with one attached hydrogen (secondary N) is 1. The molecule has 2 atom stereocenters. The summed E-state index contributed by atoms with van der Waals surface area (Å²) in [4.78, 5) is 4.14. The summed E-state index contributed by atoms with van der Waals surface area (Å²) in [6.45, 7) is 0.880. The molecule has 1 aromatic heterocycles. The largest absolute Gasteiger partial charge is 0.387 e. The van der Waals surface area contributed by atoms with Crippen LogP contribution in [-0.4, -0.2) is 32.5 Å². The van der Waals surface area contributed by atoms with E-state index in [4.69, 9.17) is 0 Å². The van der Waals surface area contributed by atoms with E-state index in [0.717, 1.165) is 30.8 Å². The lowest BCUT2D eigenvalue weighted by molar-refractivity contribution is 0.160. The first kappa shape index (κ1) is 14.1. The van der Waals surface area contributed by atoms with Crippen molar-refractivity contribution < 1.29 is 13.9 Å². The van der Waals surface area contributed by atoms with E-state index in [1.54, 1.807) is 0 Å². The van der Waals surface area contributed by atoms with Gasteiger partial charge in [-0.15, -0.1) is 0 Å². The van der Waals surface area contributed by atoms with Crippen LogP contribution in [0.4, 0.5) is 8.78 Å². The van der Waals surface area contributed by atoms with Gasteiger partial charge in [0.05, 0.1) is 12.6 Å². The quantitative estimate of drug-likeness (QED) is 0.889. The summed E-state index contributed by atoms with van der Waals surface area (Å²) in [5, 5.41) is 17.3. The van der Waals surface area contributed by atoms with Crippen molar-refractivity contribution in [1.29, 1.82) is 0 Å². The molecular weight excluding hydrogens is 278 g/mol. The maximum Gasteiger partial charge on any atom is 0.138 e. The lowest BCUT2D eigenvalue weighted by atomic mass is 10.1. The maximum absolute atomic E-state index is 13.6. The van der Waals surface area contributed by atoms with Crippen molar-refractivity contribution in [3.63, 3.8) is 0 Å². The van der Waals surface area contributed by atoms with Crippen molar-refractivity contribution in [2.75, 3.05) is 6.54 Å². The monoisotopic (exact) mass is 294 g/mol. The summed E-state index contributed by atoms with van der Waals surface area (Å²) in [7, 11) is 0. The number of aliphatic hydroxyl groups excluding tert-OH is 1. The van der Waals surface area contributed by atoms with E-state index >= 15 is 0 Å². The lowest BCUT2D eigenvalue weighted by Crippen LogP contribution is -2.39. The van der Waals surface area contributed by atoms with Gasteiger partial charge in [-0.1, -0.05) is 6.07 Å². The van der Waals surface area contributed by atoms with Crippen molar-refractivity contribution in [1.82, 2.24) is 20.1 Å². The minimum absolute atomic E-state index is 0.0983. The van der Waals surface area contributed by atoms with Crippen LogP contribution in [-0.2, 0) is 13.0 Å². The number of nitrogens with zero attached hydrogens (tertiary/aromatic N) is 3. The molecule has 0 bridgehead atoms. The summed E-state index contributed by atoms with van der Waals surface area (Å²) in [6.07, 6.45) is 2.22. The van der Waals surface area contributed by atoms with Crippen LogP contribution >= 0.6 is 0 Å². The zero-order valence-corrected chi connectivity index (χ0v) is 11.3. The molecule has 7 heteroatoms. The third kappa shape index (κ3) is 3.08. The van der Waals surface area contributed by atoms with Gasteiger partial charge in [0.2, 0.25) is 0 Å². The molecule has 0 amide bonds. The minimum Gasteiger partial charge on any atom is -0.387 e. The molecule has 5 nitrogen and oxygen atoms in total. The smallest absolute Gasteiger partial charge is 0.138 e. The van der Waals surface area contributed by atoms with Crippen LogP contribution in [0.3, 0.4) is 0 Å². The molecule has 1 aliphatic heterocycles. The van der Waals surface area contributed by atoms with Crippen molar-refractivity contribution in [3.05, 3.63) is 47.5 Å². The zero-order valence-electron chi connectivity index (χ0n) is 11.3. The molecule has 21 heavy (non-hydrogen) atoms. The maximum atomic E-state index is 13.6. The third-order valence-electron chi connectivity index (χ3n) is 3.73. The van der Waals surface area contributed by atoms with Crippen molar-refractivity contribution in [3.8, 4) is 0 Å². The van der Waals surface area contributed by atoms with Gasteiger partial charge in [0.25, 0.3) is 0 Å². The van der Waals surface area contributed by atoms with Gasteiger partial charge in [-0.2, -0.15) is 5.10 Å². The highest BCUT2D eigenvalue weighted by Gasteiger charge is 2.21. The fraction of sp³-hybridized carbons (Fsp3) is 0.429. The molecule has 112 valence electrons. The number of halogens is 2. The number of hydrogen-bond donors (Lipinski definition) is 2. The number of aromatic nitrogens is 3. The van der Waals surface area contributed by atoms with Crippen LogP contribution in [0.25, 0.3) is 0 Å². The van der Waals surface area contributed by atoms with E-state index in [0.29, 0.717) is 6.54 Å². The Balaban J connectivity index is 1.58. The average Bonchev–Trinajstić information content (AvgIpc) is 2.92. The number of fused-ring (bicyclic) bond motifs is 1. The Morgan fingerprint density at radius 1 is 1.43 bits per heavy atom. The second-order valence-corrected chi connectivity index (χ2v) is 5.18. The number of benzene rings is 1. The molecule has 2 aromatic rings. The number of hydrogen-bond acceptors (Lipinski definition) is 4. The Labute approximate surface area is 120 Å². The van der Waals surface area contributed by atoms with E-state index in [9.17, 15) is 13.9 Å². The molecule has 0 saturated heterocycles. The van der Waals surface area contributed by atoms with Crippen LogP contribution in [0.15, 0.2) is 24.5 Å². The highest BCUT2D eigenvalue weighted by Crippen LogP contribution is 2.18. The van der Waals surface area contributed by atoms with Gasteiger partial charge in [0.15, 0.2) is 0 Å². The predicted octanol–water partition coefficient (Wildman–Crippen LogP) is 1.19. The van der Waals surface area contributed by atoms with Gasteiger partial charge < -0.3 is 10.4 Å². The molecule has 2 heterocycles. The van der Waals surface area contributed by atoms with Crippen molar-refractivity contribution in [2.45, 2.75) is 31.5 Å². The van der Waals surface area contributed by atoms with Gasteiger partial charge in [-0.05, 0) is 12.5 Å². The molecule has 3 rings (SSSR count). The molecule has 0 radical (unpaired) electrons. The Kier molecular flexibility index (Phi) is 3.94. The van der Waals surface area contributed by atoms with Gasteiger partial charge in [0, 0.05) is 30.6 Å². The molecule has 0 unspecified atom stereocenters. The first-order valence-corrected chi connectivity index (χ1v) is 6.86. The molecular formula is C14H16F2N4O. The summed E-state index contributed by atoms with van der Waals surface area (Å²) in [6, 6.07) is 3.34. The first-order valence-electron chi connectivity index (χ1n) is 6.86. The predicted molar refractivity (Wildman–Crippen MR) is 71.5 cm³/mol. The first-order chi connectivity index (χ1) is 10.1. The second kappa shape index (κ2) is 5.87. The SMILES string of the molecule is O[C@@H](CN[C@@H]1CCc2ncnn2C1)c1ccc(F)cc1F. The summed E-state index contributed by atoms with van der Waals surface area (Å²) in [5.41, 5.74) is 0.0983. The fourth-order valence-corrected chi connectivity index (χ4v) is 2.56. The van der Waals surface area contributed by atoms with E-state index in [-0.39, 0.29) is 18.2 Å². The van der Waals surface area contributed by atoms with Gasteiger partial charge in [0.1, 0.15) is 23.8 Å². The van der Waals surface area contributed by atoms with Gasteiger partial charge >= 0.3 is 0 Å². The Hall–Kier alpha value is -1.86. The number of rotatable bonds is 4. The Morgan fingerprint density at radius 3 is 3.10 bits per heavy atom. The molecule has 0 aliphatic carbocycles. The third-order valence-corrected chi connectivity index (χ3v) is 3.73. The summed E-state index contributed by atoms with van der Waals surface area (Å²) < 4.78 is 28.2. The van der Waals surface area contributed by atoms with Crippen molar-refractivity contribution >= 4 is 0 Å². The zero-order chi connectivity index (χ0) is 14.8. The minimum atomic E-state index is -1.01. The summed E-state index contributed by atoms with van der Waals surface area (Å²) in [5.74, 6) is -0.424. The highest BCUT2D eigenvalue weighted by atomic mass is 19.1. The van der Waals surface area contributed by atoms with Gasteiger partial charge in [-0.25, -0.2) is 18.4 Å². The fourth-order valence-electron chi connectivity index (χ4n) is 2.56. The topological polar surface area (TPSA) is 63.0 Å². The average molecular weight is 294 g/mol. The highest BCUT2D eigenvalue weighted by molar-refractivity contribution is 5.21. The van der Waals surface area contributed by atoms with E-state index in [1.165, 1.54) is 12.4 Å². The van der Waals surface area contributed by atoms with Crippen LogP contribution in [0.2, 0.25) is 0 Å². The number of aliphatic hydroxyl groups is 1. The lowest BCUT2D eigenvalue weighted by Gasteiger charge is -2.25. The van der Waals surface area contributed by atoms with Crippen molar-refractivity contribution in [2.24, 2.45) is 0 Å². The van der Waals surface area contributed by atoms with Crippen LogP contribution in [0.1, 0.15) is 23.9 Å². The molecule has 2 N–H and O–H groups in total. The number of aryl methyl sites for hydroxylation is 1.